The molecule has 0 spiro atoms. The van der Waals surface area contributed by atoms with E-state index < -0.39 is 0 Å². The molecule has 2 atom stereocenters. The molecule has 0 aliphatic heterocycles. The van der Waals surface area contributed by atoms with Crippen molar-refractivity contribution >= 4 is 35.0 Å². The zero-order chi connectivity index (χ0) is 18.4. The minimum absolute atomic E-state index is 0.138. The van der Waals surface area contributed by atoms with E-state index in [0.29, 0.717) is 10.0 Å². The van der Waals surface area contributed by atoms with E-state index in [0.717, 1.165) is 11.1 Å². The minimum atomic E-state index is -0.383. The van der Waals surface area contributed by atoms with Gasteiger partial charge < -0.3 is 10.6 Å². The molecule has 0 aromatic heterocycles. The van der Waals surface area contributed by atoms with Gasteiger partial charge in [-0.15, -0.1) is 0 Å². The molecule has 0 heterocycles. The smallest absolute Gasteiger partial charge is 0.222 e. The van der Waals surface area contributed by atoms with Crippen molar-refractivity contribution in [3.63, 3.8) is 0 Å². The summed E-state index contributed by atoms with van der Waals surface area (Å²) in [4.78, 5) is 23.9. The van der Waals surface area contributed by atoms with Crippen LogP contribution >= 0.6 is 23.2 Å². The van der Waals surface area contributed by atoms with Gasteiger partial charge in [0.25, 0.3) is 0 Å². The molecule has 2 aromatic carbocycles. The number of carbonyl (C=O) groups is 2. The first-order valence-electron chi connectivity index (χ1n) is 7.93. The maximum Gasteiger partial charge on any atom is 0.222 e. The first kappa shape index (κ1) is 19.3. The van der Waals surface area contributed by atoms with Crippen molar-refractivity contribution < 1.29 is 9.59 Å². The molecule has 0 saturated carbocycles. The third-order valence-electron chi connectivity index (χ3n) is 3.78. The summed E-state index contributed by atoms with van der Waals surface area (Å²) in [6, 6.07) is 13.9. The van der Waals surface area contributed by atoms with E-state index in [1.165, 1.54) is 6.92 Å². The van der Waals surface area contributed by atoms with Crippen molar-refractivity contribution in [2.24, 2.45) is 0 Å². The van der Waals surface area contributed by atoms with E-state index in [9.17, 15) is 9.59 Å². The molecular weight excluding hydrogens is 359 g/mol. The van der Waals surface area contributed by atoms with Crippen LogP contribution in [0.3, 0.4) is 0 Å². The normalized spacial score (nSPS) is 13.0. The van der Waals surface area contributed by atoms with E-state index in [-0.39, 0.29) is 30.3 Å². The molecular formula is C19H20Cl2N2O2. The van der Waals surface area contributed by atoms with E-state index in [4.69, 9.17) is 23.2 Å². The molecule has 4 nitrogen and oxygen atoms in total. The summed E-state index contributed by atoms with van der Waals surface area (Å²) >= 11 is 12.1. The van der Waals surface area contributed by atoms with Crippen molar-refractivity contribution in [1.82, 2.24) is 10.6 Å². The Bertz CT molecular complexity index is 750. The summed E-state index contributed by atoms with van der Waals surface area (Å²) in [5.74, 6) is -0.364. The molecule has 0 aliphatic rings. The predicted octanol–water partition coefficient (Wildman–Crippen LogP) is 4.44. The Morgan fingerprint density at radius 1 is 1.04 bits per heavy atom. The van der Waals surface area contributed by atoms with Crippen LogP contribution in [0.2, 0.25) is 10.0 Å². The van der Waals surface area contributed by atoms with E-state index in [2.05, 4.69) is 10.6 Å². The Kier molecular flexibility index (Phi) is 6.85. The molecule has 0 saturated heterocycles. The number of hydrogen-bond donors (Lipinski definition) is 2. The second-order valence-electron chi connectivity index (χ2n) is 5.82. The van der Waals surface area contributed by atoms with Crippen molar-refractivity contribution in [1.29, 1.82) is 0 Å². The summed E-state index contributed by atoms with van der Waals surface area (Å²) in [6.45, 7) is 3.28. The lowest BCUT2D eigenvalue weighted by Crippen LogP contribution is -2.33. The fourth-order valence-corrected chi connectivity index (χ4v) is 3.17. The van der Waals surface area contributed by atoms with Gasteiger partial charge in [0.05, 0.1) is 18.5 Å². The molecule has 25 heavy (non-hydrogen) atoms. The van der Waals surface area contributed by atoms with Gasteiger partial charge in [-0.05, 0) is 30.2 Å². The quantitative estimate of drug-likeness (QED) is 0.780. The summed E-state index contributed by atoms with van der Waals surface area (Å²) in [7, 11) is 0. The van der Waals surface area contributed by atoms with Crippen LogP contribution in [-0.2, 0) is 9.59 Å². The van der Waals surface area contributed by atoms with Gasteiger partial charge in [-0.3, -0.25) is 9.59 Å². The summed E-state index contributed by atoms with van der Waals surface area (Å²) in [5.41, 5.74) is 1.67. The zero-order valence-electron chi connectivity index (χ0n) is 14.1. The van der Waals surface area contributed by atoms with Crippen molar-refractivity contribution in [2.75, 3.05) is 0 Å². The third kappa shape index (κ3) is 5.76. The number of hydrogen-bond acceptors (Lipinski definition) is 2. The van der Waals surface area contributed by atoms with Gasteiger partial charge >= 0.3 is 0 Å². The first-order chi connectivity index (χ1) is 11.9. The molecule has 0 fully saturated rings. The SMILES string of the molecule is CC(=O)N[C@@H](CC(=O)N[C@H](C)c1ccc(Cl)cc1Cl)c1ccccc1. The van der Waals surface area contributed by atoms with Crippen LogP contribution in [0.5, 0.6) is 0 Å². The number of rotatable bonds is 6. The second-order valence-corrected chi connectivity index (χ2v) is 6.67. The van der Waals surface area contributed by atoms with Gasteiger partial charge in [-0.1, -0.05) is 59.6 Å². The average Bonchev–Trinajstić information content (AvgIpc) is 2.54. The maximum absolute atomic E-state index is 12.4. The average molecular weight is 379 g/mol. The Morgan fingerprint density at radius 2 is 1.72 bits per heavy atom. The molecule has 2 rings (SSSR count). The van der Waals surface area contributed by atoms with E-state index in [1.54, 1.807) is 18.2 Å². The van der Waals surface area contributed by atoms with Crippen LogP contribution in [0.25, 0.3) is 0 Å². The molecule has 132 valence electrons. The van der Waals surface area contributed by atoms with E-state index in [1.807, 2.05) is 37.3 Å². The number of benzene rings is 2. The van der Waals surface area contributed by atoms with Gasteiger partial charge in [-0.25, -0.2) is 0 Å². The highest BCUT2D eigenvalue weighted by Crippen LogP contribution is 2.26. The standard InChI is InChI=1S/C19H20Cl2N2O2/c1-12(16-9-8-15(20)10-17(16)21)22-19(25)11-18(23-13(2)24)14-6-4-3-5-7-14/h3-10,12,18H,11H2,1-2H3,(H,22,25)(H,23,24)/t12-,18+/m1/s1. The third-order valence-corrected chi connectivity index (χ3v) is 4.34. The topological polar surface area (TPSA) is 58.2 Å². The number of amides is 2. The largest absolute Gasteiger partial charge is 0.349 e. The molecule has 6 heteroatoms. The van der Waals surface area contributed by atoms with Crippen LogP contribution in [0.4, 0.5) is 0 Å². The maximum atomic E-state index is 12.4. The Morgan fingerprint density at radius 3 is 2.32 bits per heavy atom. The molecule has 0 unspecified atom stereocenters. The molecule has 2 aromatic rings. The number of nitrogens with one attached hydrogen (secondary N) is 2. The fraction of sp³-hybridized carbons (Fsp3) is 0.263. The molecule has 0 radical (unpaired) electrons. The van der Waals surface area contributed by atoms with Crippen LogP contribution in [0.15, 0.2) is 48.5 Å². The lowest BCUT2D eigenvalue weighted by atomic mass is 10.0. The molecule has 0 aliphatic carbocycles. The fourth-order valence-electron chi connectivity index (χ4n) is 2.60. The van der Waals surface area contributed by atoms with E-state index >= 15 is 0 Å². The highest BCUT2D eigenvalue weighted by molar-refractivity contribution is 6.35. The van der Waals surface area contributed by atoms with Crippen molar-refractivity contribution in [3.8, 4) is 0 Å². The van der Waals surface area contributed by atoms with Crippen LogP contribution in [0, 0.1) is 0 Å². The monoisotopic (exact) mass is 378 g/mol. The first-order valence-corrected chi connectivity index (χ1v) is 8.68. The van der Waals surface area contributed by atoms with Crippen LogP contribution in [0.1, 0.15) is 43.5 Å². The zero-order valence-corrected chi connectivity index (χ0v) is 15.6. The Hall–Kier alpha value is -2.04. The molecule has 0 bridgehead atoms. The van der Waals surface area contributed by atoms with Crippen LogP contribution < -0.4 is 10.6 Å². The predicted molar refractivity (Wildman–Crippen MR) is 101 cm³/mol. The number of carbonyl (C=O) groups excluding carboxylic acids is 2. The van der Waals surface area contributed by atoms with Crippen LogP contribution in [-0.4, -0.2) is 11.8 Å². The van der Waals surface area contributed by atoms with Crippen molar-refractivity contribution in [2.45, 2.75) is 32.4 Å². The number of halogens is 2. The second kappa shape index (κ2) is 8.88. The van der Waals surface area contributed by atoms with Gasteiger partial charge in [0.2, 0.25) is 11.8 Å². The highest BCUT2D eigenvalue weighted by atomic mass is 35.5. The molecule has 2 amide bonds. The molecule has 2 N–H and O–H groups in total. The summed E-state index contributed by atoms with van der Waals surface area (Å²) < 4.78 is 0. The summed E-state index contributed by atoms with van der Waals surface area (Å²) in [5, 5.41) is 6.77. The van der Waals surface area contributed by atoms with Gasteiger partial charge in [0, 0.05) is 17.0 Å². The van der Waals surface area contributed by atoms with Crippen molar-refractivity contribution in [3.05, 3.63) is 69.7 Å². The summed E-state index contributed by atoms with van der Waals surface area (Å²) in [6.07, 6.45) is 0.138. The Balaban J connectivity index is 2.06. The Labute approximate surface area is 157 Å². The highest BCUT2D eigenvalue weighted by Gasteiger charge is 2.19. The van der Waals surface area contributed by atoms with Gasteiger partial charge in [0.15, 0.2) is 0 Å². The van der Waals surface area contributed by atoms with Gasteiger partial charge in [0.1, 0.15) is 0 Å². The lowest BCUT2D eigenvalue weighted by Gasteiger charge is -2.21. The minimum Gasteiger partial charge on any atom is -0.349 e. The van der Waals surface area contributed by atoms with Gasteiger partial charge in [-0.2, -0.15) is 0 Å². The lowest BCUT2D eigenvalue weighted by molar-refractivity contribution is -0.123.